The monoisotopic (exact) mass is 337 g/mol. The Balaban J connectivity index is 2.00. The van der Waals surface area contributed by atoms with Crippen LogP contribution in [0.2, 0.25) is 0 Å². The molecule has 0 aliphatic heterocycles. The highest BCUT2D eigenvalue weighted by molar-refractivity contribution is 5.83. The number of aliphatic imine (C=N–C) groups is 1. The normalized spacial score (nSPS) is 24.1. The number of carbonyl (C=O) groups excluding carboxylic acids is 1. The summed E-state index contributed by atoms with van der Waals surface area (Å²) < 4.78 is 6.20. The van der Waals surface area contributed by atoms with Gasteiger partial charge in [0.15, 0.2) is 5.96 Å². The molecule has 138 valence electrons. The summed E-state index contributed by atoms with van der Waals surface area (Å²) >= 11 is 0. The first kappa shape index (κ1) is 19.2. The molecule has 0 spiro atoms. The summed E-state index contributed by atoms with van der Waals surface area (Å²) in [5.74, 6) is 0.890. The maximum Gasteiger partial charge on any atom is 0.189 e. The lowest BCUT2D eigenvalue weighted by atomic mass is 9.80. The summed E-state index contributed by atoms with van der Waals surface area (Å²) in [6.07, 6.45) is 15.6. The minimum Gasteiger partial charge on any atom is -0.375 e. The molecule has 0 aromatic rings. The van der Waals surface area contributed by atoms with Crippen LogP contribution in [0.15, 0.2) is 4.99 Å². The predicted octanol–water partition coefficient (Wildman–Crippen LogP) is 3.17. The fraction of sp³-hybridized carbons (Fsp3) is 0.895. The molecule has 5 nitrogen and oxygen atoms in total. The fourth-order valence-corrected chi connectivity index (χ4v) is 4.15. The number of hydrogen-bond acceptors (Lipinski definition) is 3. The Morgan fingerprint density at radius 2 is 1.71 bits per heavy atom. The van der Waals surface area contributed by atoms with Gasteiger partial charge in [-0.05, 0) is 25.2 Å². The third kappa shape index (κ3) is 6.08. The molecule has 0 aromatic heterocycles. The summed E-state index contributed by atoms with van der Waals surface area (Å²) in [6.45, 7) is 0.397. The topological polar surface area (TPSA) is 76.7 Å². The van der Waals surface area contributed by atoms with Gasteiger partial charge in [-0.1, -0.05) is 57.8 Å². The van der Waals surface area contributed by atoms with E-state index in [1.807, 2.05) is 0 Å². The molecule has 24 heavy (non-hydrogen) atoms. The molecule has 2 saturated carbocycles. The second-order valence-corrected chi connectivity index (χ2v) is 7.64. The highest BCUT2D eigenvalue weighted by atomic mass is 16.5. The SMILES string of the molecule is CN=C(N)NC(C=O)(COC1CCCCCC1)CC1CCCCC1. The first-order valence-electron chi connectivity index (χ1n) is 9.76. The lowest BCUT2D eigenvalue weighted by Crippen LogP contribution is -2.57. The Bertz CT molecular complexity index is 399. The minimum absolute atomic E-state index is 0.278. The van der Waals surface area contributed by atoms with Gasteiger partial charge in [0.2, 0.25) is 0 Å². The standard InChI is InChI=1S/C19H35N3O2/c1-21-18(20)22-19(14-23,13-16-9-5-4-6-10-16)15-24-17-11-7-2-3-8-12-17/h14,16-17H,2-13,15H2,1H3,(H3,20,21,22). The number of guanidine groups is 1. The van der Waals surface area contributed by atoms with Crippen molar-refractivity contribution in [1.82, 2.24) is 5.32 Å². The van der Waals surface area contributed by atoms with E-state index < -0.39 is 5.54 Å². The molecule has 0 amide bonds. The Labute approximate surface area is 146 Å². The summed E-state index contributed by atoms with van der Waals surface area (Å²) in [7, 11) is 1.64. The van der Waals surface area contributed by atoms with Crippen molar-refractivity contribution in [2.45, 2.75) is 88.7 Å². The molecule has 0 heterocycles. The summed E-state index contributed by atoms with van der Waals surface area (Å²) in [5.41, 5.74) is 5.16. The van der Waals surface area contributed by atoms with E-state index in [0.717, 1.165) is 25.5 Å². The Morgan fingerprint density at radius 1 is 1.12 bits per heavy atom. The molecule has 0 saturated heterocycles. The van der Waals surface area contributed by atoms with Crippen molar-refractivity contribution in [3.63, 3.8) is 0 Å². The van der Waals surface area contributed by atoms with Gasteiger partial charge in [0.1, 0.15) is 11.8 Å². The molecule has 0 aromatic carbocycles. The van der Waals surface area contributed by atoms with E-state index in [1.54, 1.807) is 7.05 Å². The molecule has 2 rings (SSSR count). The Morgan fingerprint density at radius 3 is 2.29 bits per heavy atom. The number of hydrogen-bond donors (Lipinski definition) is 2. The van der Waals surface area contributed by atoms with Crippen LogP contribution >= 0.6 is 0 Å². The molecule has 5 heteroatoms. The van der Waals surface area contributed by atoms with Crippen LogP contribution in [0.1, 0.15) is 77.0 Å². The van der Waals surface area contributed by atoms with Crippen molar-refractivity contribution in [2.75, 3.05) is 13.7 Å². The molecule has 2 aliphatic carbocycles. The molecule has 1 unspecified atom stereocenters. The van der Waals surface area contributed by atoms with Gasteiger partial charge in [-0.25, -0.2) is 0 Å². The number of rotatable bonds is 7. The lowest BCUT2D eigenvalue weighted by Gasteiger charge is -2.35. The largest absolute Gasteiger partial charge is 0.375 e. The van der Waals surface area contributed by atoms with Crippen LogP contribution in [0, 0.1) is 5.92 Å². The zero-order chi connectivity index (χ0) is 17.3. The first-order chi connectivity index (χ1) is 11.7. The van der Waals surface area contributed by atoms with Crippen molar-refractivity contribution in [3.05, 3.63) is 0 Å². The van der Waals surface area contributed by atoms with E-state index in [2.05, 4.69) is 10.3 Å². The average molecular weight is 338 g/mol. The lowest BCUT2D eigenvalue weighted by molar-refractivity contribution is -0.117. The predicted molar refractivity (Wildman–Crippen MR) is 98.1 cm³/mol. The van der Waals surface area contributed by atoms with Crippen LogP contribution in [0.4, 0.5) is 0 Å². The number of carbonyl (C=O) groups is 1. The zero-order valence-electron chi connectivity index (χ0n) is 15.3. The van der Waals surface area contributed by atoms with Gasteiger partial charge in [0.25, 0.3) is 0 Å². The van der Waals surface area contributed by atoms with Crippen molar-refractivity contribution >= 4 is 12.2 Å². The number of ether oxygens (including phenoxy) is 1. The Kier molecular flexibility index (Phi) is 8.03. The van der Waals surface area contributed by atoms with E-state index in [-0.39, 0.29) is 6.10 Å². The van der Waals surface area contributed by atoms with Crippen LogP contribution in [0.5, 0.6) is 0 Å². The summed E-state index contributed by atoms with van der Waals surface area (Å²) in [4.78, 5) is 16.0. The highest BCUT2D eigenvalue weighted by Gasteiger charge is 2.35. The molecule has 3 N–H and O–H groups in total. The smallest absolute Gasteiger partial charge is 0.189 e. The average Bonchev–Trinajstić information content (AvgIpc) is 2.89. The van der Waals surface area contributed by atoms with Crippen LogP contribution in [-0.2, 0) is 9.53 Å². The molecule has 0 radical (unpaired) electrons. The van der Waals surface area contributed by atoms with Gasteiger partial charge in [0, 0.05) is 7.05 Å². The van der Waals surface area contributed by atoms with Gasteiger partial charge in [-0.15, -0.1) is 0 Å². The van der Waals surface area contributed by atoms with Gasteiger partial charge >= 0.3 is 0 Å². The quantitative estimate of drug-likeness (QED) is 0.324. The molecule has 2 aliphatic rings. The van der Waals surface area contributed by atoms with Crippen molar-refractivity contribution in [2.24, 2.45) is 16.6 Å². The first-order valence-corrected chi connectivity index (χ1v) is 9.76. The second kappa shape index (κ2) is 10.0. The summed E-state index contributed by atoms with van der Waals surface area (Å²) in [5, 5.41) is 3.17. The van der Waals surface area contributed by atoms with Crippen LogP contribution < -0.4 is 11.1 Å². The maximum atomic E-state index is 12.0. The van der Waals surface area contributed by atoms with E-state index in [4.69, 9.17) is 10.5 Å². The van der Waals surface area contributed by atoms with Crippen LogP contribution in [0.25, 0.3) is 0 Å². The Hall–Kier alpha value is -1.10. The third-order valence-corrected chi connectivity index (χ3v) is 5.60. The number of nitrogens with zero attached hydrogens (tertiary/aromatic N) is 1. The van der Waals surface area contributed by atoms with Crippen molar-refractivity contribution in [3.8, 4) is 0 Å². The van der Waals surface area contributed by atoms with Gasteiger partial charge in [-0.3, -0.25) is 4.99 Å². The maximum absolute atomic E-state index is 12.0. The van der Waals surface area contributed by atoms with E-state index in [0.29, 0.717) is 18.5 Å². The molecule has 2 fully saturated rings. The highest BCUT2D eigenvalue weighted by Crippen LogP contribution is 2.31. The van der Waals surface area contributed by atoms with E-state index in [1.165, 1.54) is 57.8 Å². The molecular weight excluding hydrogens is 302 g/mol. The molecule has 0 bridgehead atoms. The van der Waals surface area contributed by atoms with Crippen LogP contribution in [-0.4, -0.2) is 37.5 Å². The van der Waals surface area contributed by atoms with Crippen molar-refractivity contribution < 1.29 is 9.53 Å². The third-order valence-electron chi connectivity index (χ3n) is 5.60. The number of nitrogens with one attached hydrogen (secondary N) is 1. The molecule has 1 atom stereocenters. The minimum atomic E-state index is -0.738. The van der Waals surface area contributed by atoms with Crippen molar-refractivity contribution in [1.29, 1.82) is 0 Å². The van der Waals surface area contributed by atoms with Gasteiger partial charge in [0.05, 0.1) is 12.7 Å². The fourth-order valence-electron chi connectivity index (χ4n) is 4.15. The zero-order valence-corrected chi connectivity index (χ0v) is 15.3. The second-order valence-electron chi connectivity index (χ2n) is 7.64. The van der Waals surface area contributed by atoms with Crippen LogP contribution in [0.3, 0.4) is 0 Å². The molecular formula is C19H35N3O2. The van der Waals surface area contributed by atoms with Gasteiger partial charge < -0.3 is 20.6 Å². The van der Waals surface area contributed by atoms with E-state index >= 15 is 0 Å². The number of aldehydes is 1. The van der Waals surface area contributed by atoms with Gasteiger partial charge in [-0.2, -0.15) is 0 Å². The summed E-state index contributed by atoms with van der Waals surface area (Å²) in [6, 6.07) is 0. The number of nitrogens with two attached hydrogens (primary N) is 1. The van der Waals surface area contributed by atoms with E-state index in [9.17, 15) is 4.79 Å².